The number of rotatable bonds is 6. The van der Waals surface area contributed by atoms with Crippen LogP contribution in [-0.4, -0.2) is 20.2 Å². The molecule has 0 saturated heterocycles. The molecule has 2 amide bonds. The molecule has 0 spiro atoms. The molecular weight excluding hydrogens is 194 g/mol. The Kier molecular flexibility index (Phi) is 5.40. The topological polar surface area (TPSA) is 101 Å². The second-order valence-corrected chi connectivity index (χ2v) is 4.46. The predicted octanol–water partition coefficient (Wildman–Crippen LogP) is -0.321. The van der Waals surface area contributed by atoms with Gasteiger partial charge in [0, 0.05) is 0 Å². The summed E-state index contributed by atoms with van der Waals surface area (Å²) < 4.78 is 22.1. The Morgan fingerprint density at radius 3 is 2.46 bits per heavy atom. The molecule has 0 atom stereocenters. The molecule has 0 radical (unpaired) electrons. The minimum atomic E-state index is -3.41. The minimum Gasteiger partial charge on any atom is -0.351 e. The first kappa shape index (κ1) is 12.2. The van der Waals surface area contributed by atoms with E-state index in [4.69, 9.17) is 0 Å². The van der Waals surface area contributed by atoms with E-state index in [1.165, 1.54) is 0 Å². The first-order valence-electron chi connectivity index (χ1n) is 4.03. The number of carbonyl (C=O) groups excluding carboxylic acids is 1. The summed E-state index contributed by atoms with van der Waals surface area (Å²) >= 11 is 0. The molecule has 0 aliphatic heterocycles. The molecule has 0 aromatic heterocycles. The molecule has 13 heavy (non-hydrogen) atoms. The van der Waals surface area contributed by atoms with Crippen LogP contribution in [0.15, 0.2) is 0 Å². The predicted molar refractivity (Wildman–Crippen MR) is 49.2 cm³/mol. The maximum Gasteiger partial charge on any atom is 0.327 e. The van der Waals surface area contributed by atoms with Gasteiger partial charge in [0.2, 0.25) is 10.0 Å². The molecule has 4 N–H and O–H groups in total. The zero-order valence-corrected chi connectivity index (χ0v) is 8.36. The van der Waals surface area contributed by atoms with Crippen molar-refractivity contribution in [2.75, 3.05) is 5.75 Å². The summed E-state index contributed by atoms with van der Waals surface area (Å²) in [4.78, 5) is 12.0. The van der Waals surface area contributed by atoms with Crippen molar-refractivity contribution in [3.05, 3.63) is 0 Å². The molecule has 0 unspecified atom stereocenters. The van der Waals surface area contributed by atoms with E-state index < -0.39 is 16.1 Å². The Balaban J connectivity index is 3.74. The zero-order valence-electron chi connectivity index (χ0n) is 7.54. The number of urea groups is 1. The molecule has 7 heteroatoms. The van der Waals surface area contributed by atoms with Gasteiger partial charge in [0.25, 0.3) is 0 Å². The largest absolute Gasteiger partial charge is 0.351 e. The van der Waals surface area contributed by atoms with E-state index >= 15 is 0 Å². The van der Waals surface area contributed by atoms with Gasteiger partial charge in [-0.05, 0) is 6.42 Å². The molecule has 0 rings (SSSR count). The summed E-state index contributed by atoms with van der Waals surface area (Å²) in [7, 11) is -3.41. The minimum absolute atomic E-state index is 0.00111. The van der Waals surface area contributed by atoms with Crippen LogP contribution in [0.3, 0.4) is 0 Å². The second-order valence-electron chi connectivity index (χ2n) is 2.62. The van der Waals surface area contributed by atoms with Gasteiger partial charge in [-0.25, -0.2) is 13.2 Å². The Labute approximate surface area is 77.9 Å². The third-order valence-electron chi connectivity index (χ3n) is 1.35. The number of unbranched alkanes of at least 4 members (excludes halogenated alkanes) is 2. The number of hydrogen-bond donors (Lipinski definition) is 3. The number of nitrogens with one attached hydrogen (secondary N) is 2. The van der Waals surface area contributed by atoms with Crippen molar-refractivity contribution in [1.29, 1.82) is 0 Å². The van der Waals surface area contributed by atoms with Gasteiger partial charge in [0.15, 0.2) is 0 Å². The number of hydrogen-bond acceptors (Lipinski definition) is 3. The third-order valence-corrected chi connectivity index (χ3v) is 2.59. The van der Waals surface area contributed by atoms with Crippen molar-refractivity contribution in [3.63, 3.8) is 0 Å². The highest BCUT2D eigenvalue weighted by Crippen LogP contribution is 1.96. The highest BCUT2D eigenvalue weighted by atomic mass is 32.2. The second kappa shape index (κ2) is 5.76. The standard InChI is InChI=1S/C6H15N3O3S/c1-2-3-4-5-13(11,12)9-8-6(7)10/h9H,2-5H2,1H3,(H3,7,8,10). The third kappa shape index (κ3) is 7.54. The van der Waals surface area contributed by atoms with Gasteiger partial charge >= 0.3 is 6.03 Å². The van der Waals surface area contributed by atoms with E-state index in [1.807, 2.05) is 17.2 Å². The van der Waals surface area contributed by atoms with Gasteiger partial charge in [-0.2, -0.15) is 0 Å². The van der Waals surface area contributed by atoms with Gasteiger partial charge in [0.1, 0.15) is 0 Å². The van der Waals surface area contributed by atoms with E-state index in [0.717, 1.165) is 12.8 Å². The van der Waals surface area contributed by atoms with Crippen LogP contribution >= 0.6 is 0 Å². The van der Waals surface area contributed by atoms with Crippen LogP contribution in [-0.2, 0) is 10.0 Å². The number of amides is 2. The summed E-state index contributed by atoms with van der Waals surface area (Å²) in [5.41, 5.74) is 6.49. The first-order chi connectivity index (χ1) is 5.98. The summed E-state index contributed by atoms with van der Waals surface area (Å²) in [5.74, 6) is 0.00111. The summed E-state index contributed by atoms with van der Waals surface area (Å²) in [6.07, 6.45) is 2.36. The van der Waals surface area contributed by atoms with E-state index in [2.05, 4.69) is 5.73 Å². The van der Waals surface area contributed by atoms with Crippen LogP contribution in [0.25, 0.3) is 0 Å². The van der Waals surface area contributed by atoms with E-state index in [0.29, 0.717) is 6.42 Å². The molecule has 0 aromatic rings. The normalized spacial score (nSPS) is 11.2. The Bertz CT molecular complexity index is 250. The van der Waals surface area contributed by atoms with Crippen molar-refractivity contribution in [2.45, 2.75) is 26.2 Å². The van der Waals surface area contributed by atoms with Crippen molar-refractivity contribution >= 4 is 16.1 Å². The van der Waals surface area contributed by atoms with E-state index in [-0.39, 0.29) is 5.75 Å². The average Bonchev–Trinajstić information content (AvgIpc) is 2.02. The molecule has 0 fully saturated rings. The van der Waals surface area contributed by atoms with Crippen LogP contribution in [0, 0.1) is 0 Å². The fourth-order valence-electron chi connectivity index (χ4n) is 0.721. The molecule has 78 valence electrons. The molecule has 0 heterocycles. The lowest BCUT2D eigenvalue weighted by Crippen LogP contribution is -2.45. The Morgan fingerprint density at radius 2 is 2.00 bits per heavy atom. The van der Waals surface area contributed by atoms with Gasteiger partial charge in [-0.15, -0.1) is 4.83 Å². The highest BCUT2D eigenvalue weighted by Gasteiger charge is 2.08. The smallest absolute Gasteiger partial charge is 0.327 e. The molecular formula is C6H15N3O3S. The number of sulfonamides is 1. The van der Waals surface area contributed by atoms with Crippen molar-refractivity contribution in [1.82, 2.24) is 10.3 Å². The van der Waals surface area contributed by atoms with Gasteiger partial charge in [-0.1, -0.05) is 19.8 Å². The molecule has 0 aromatic carbocycles. The zero-order chi connectivity index (χ0) is 10.3. The number of carbonyl (C=O) groups is 1. The van der Waals surface area contributed by atoms with E-state index in [9.17, 15) is 13.2 Å². The molecule has 0 saturated carbocycles. The quantitative estimate of drug-likeness (QED) is 0.412. The first-order valence-corrected chi connectivity index (χ1v) is 5.68. The summed E-state index contributed by atoms with van der Waals surface area (Å²) in [6.45, 7) is 1.97. The SMILES string of the molecule is CCCCCS(=O)(=O)NNC(N)=O. The number of primary amides is 1. The Hall–Kier alpha value is -0.820. The van der Waals surface area contributed by atoms with Gasteiger partial charge < -0.3 is 5.73 Å². The van der Waals surface area contributed by atoms with E-state index in [1.54, 1.807) is 0 Å². The van der Waals surface area contributed by atoms with Gasteiger partial charge in [-0.3, -0.25) is 5.43 Å². The molecule has 0 aliphatic rings. The van der Waals surface area contributed by atoms with Gasteiger partial charge in [0.05, 0.1) is 5.75 Å². The molecule has 0 bridgehead atoms. The molecule has 6 nitrogen and oxygen atoms in total. The van der Waals surface area contributed by atoms with Crippen molar-refractivity contribution in [3.8, 4) is 0 Å². The lowest BCUT2D eigenvalue weighted by Gasteiger charge is -2.05. The fourth-order valence-corrected chi connectivity index (χ4v) is 1.66. The number of nitrogens with two attached hydrogens (primary N) is 1. The fraction of sp³-hybridized carbons (Fsp3) is 0.833. The maximum absolute atomic E-state index is 11.0. The number of hydrazine groups is 1. The molecule has 0 aliphatic carbocycles. The maximum atomic E-state index is 11.0. The highest BCUT2D eigenvalue weighted by molar-refractivity contribution is 7.89. The van der Waals surface area contributed by atoms with Crippen molar-refractivity contribution < 1.29 is 13.2 Å². The van der Waals surface area contributed by atoms with Crippen molar-refractivity contribution in [2.24, 2.45) is 5.73 Å². The van der Waals surface area contributed by atoms with Crippen LogP contribution in [0.4, 0.5) is 4.79 Å². The summed E-state index contributed by atoms with van der Waals surface area (Å²) in [6, 6.07) is -0.918. The lowest BCUT2D eigenvalue weighted by molar-refractivity contribution is 0.247. The van der Waals surface area contributed by atoms with Crippen LogP contribution in [0.2, 0.25) is 0 Å². The van der Waals surface area contributed by atoms with Crippen LogP contribution in [0.1, 0.15) is 26.2 Å². The average molecular weight is 209 g/mol. The monoisotopic (exact) mass is 209 g/mol. The summed E-state index contributed by atoms with van der Waals surface area (Å²) in [5, 5.41) is 0. The van der Waals surface area contributed by atoms with Crippen LogP contribution < -0.4 is 16.0 Å². The lowest BCUT2D eigenvalue weighted by atomic mass is 10.3. The van der Waals surface area contributed by atoms with Crippen LogP contribution in [0.5, 0.6) is 0 Å². The Morgan fingerprint density at radius 1 is 1.38 bits per heavy atom.